The van der Waals surface area contributed by atoms with Gasteiger partial charge in [-0.3, -0.25) is 4.99 Å². The number of hydrogen-bond donors (Lipinski definition) is 1. The van der Waals surface area contributed by atoms with E-state index in [0.29, 0.717) is 10.0 Å². The van der Waals surface area contributed by atoms with Crippen LogP contribution in [0.3, 0.4) is 0 Å². The summed E-state index contributed by atoms with van der Waals surface area (Å²) in [7, 11) is 3.90. The van der Waals surface area contributed by atoms with Crippen molar-refractivity contribution in [3.05, 3.63) is 33.8 Å². The van der Waals surface area contributed by atoms with Crippen LogP contribution < -0.4 is 5.32 Å². The lowest BCUT2D eigenvalue weighted by atomic mass is 9.96. The van der Waals surface area contributed by atoms with E-state index in [2.05, 4.69) is 22.3 Å². The highest BCUT2D eigenvalue weighted by Gasteiger charge is 2.15. The molecule has 24 heavy (non-hydrogen) atoms. The molecule has 4 nitrogen and oxygen atoms in total. The summed E-state index contributed by atoms with van der Waals surface area (Å²) in [5.41, 5.74) is 0.980. The van der Waals surface area contributed by atoms with Crippen LogP contribution in [0.25, 0.3) is 0 Å². The van der Waals surface area contributed by atoms with Crippen molar-refractivity contribution in [2.45, 2.75) is 25.7 Å². The fourth-order valence-corrected chi connectivity index (χ4v) is 3.56. The first-order chi connectivity index (χ1) is 11.6. The quantitative estimate of drug-likeness (QED) is 0.609. The summed E-state index contributed by atoms with van der Waals surface area (Å²) >= 11 is 12.4. The van der Waals surface area contributed by atoms with Crippen molar-refractivity contribution in [1.82, 2.24) is 10.2 Å². The molecule has 0 atom stereocenters. The van der Waals surface area contributed by atoms with Crippen LogP contribution in [0.1, 0.15) is 24.8 Å². The van der Waals surface area contributed by atoms with Crippen molar-refractivity contribution in [3.8, 4) is 0 Å². The Bertz CT molecular complexity index is 525. The molecule has 134 valence electrons. The Morgan fingerprint density at radius 3 is 2.58 bits per heavy atom. The maximum atomic E-state index is 6.21. The topological polar surface area (TPSA) is 36.9 Å². The molecule has 0 radical (unpaired) electrons. The Kier molecular flexibility index (Phi) is 8.16. The number of aliphatic imine (C=N–C) groups is 1. The van der Waals surface area contributed by atoms with Crippen molar-refractivity contribution in [2.24, 2.45) is 10.9 Å². The van der Waals surface area contributed by atoms with E-state index in [1.165, 1.54) is 19.3 Å². The minimum atomic E-state index is 0.715. The summed E-state index contributed by atoms with van der Waals surface area (Å²) in [6.07, 6.45) is 4.29. The second-order valence-electron chi connectivity index (χ2n) is 6.19. The minimum absolute atomic E-state index is 0.715. The molecule has 1 N–H and O–H groups in total. The zero-order chi connectivity index (χ0) is 17.4. The molecule has 1 aliphatic rings. The fourth-order valence-electron chi connectivity index (χ4n) is 2.97. The zero-order valence-electron chi connectivity index (χ0n) is 14.5. The summed E-state index contributed by atoms with van der Waals surface area (Å²) < 4.78 is 5.42. The predicted molar refractivity (Wildman–Crippen MR) is 102 cm³/mol. The van der Waals surface area contributed by atoms with Gasteiger partial charge in [-0.05, 0) is 49.3 Å². The van der Waals surface area contributed by atoms with Gasteiger partial charge in [0.15, 0.2) is 5.96 Å². The summed E-state index contributed by atoms with van der Waals surface area (Å²) in [6.45, 7) is 3.55. The summed E-state index contributed by atoms with van der Waals surface area (Å²) in [5.74, 6) is 1.67. The van der Waals surface area contributed by atoms with Gasteiger partial charge in [0.1, 0.15) is 0 Å². The van der Waals surface area contributed by atoms with Crippen molar-refractivity contribution in [2.75, 3.05) is 40.4 Å². The molecule has 0 aromatic heterocycles. The van der Waals surface area contributed by atoms with Gasteiger partial charge in [0.2, 0.25) is 0 Å². The molecule has 1 aromatic carbocycles. The Morgan fingerprint density at radius 1 is 1.29 bits per heavy atom. The van der Waals surface area contributed by atoms with Gasteiger partial charge in [0, 0.05) is 50.4 Å². The molecule has 0 aliphatic carbocycles. The van der Waals surface area contributed by atoms with E-state index in [1.807, 2.05) is 25.2 Å². The van der Waals surface area contributed by atoms with E-state index < -0.39 is 0 Å². The lowest BCUT2D eigenvalue weighted by Gasteiger charge is -2.27. The first-order valence-electron chi connectivity index (χ1n) is 8.54. The standard InChI is InChI=1S/C18H27Cl2N3O/c1-21-18(23(2)11-7-14-8-12-24-13-9-14)22-10-6-15-16(19)4-3-5-17(15)20/h3-5,14H,6-13H2,1-2H3,(H,21,22). The summed E-state index contributed by atoms with van der Waals surface area (Å²) in [6, 6.07) is 5.61. The number of hydrogen-bond acceptors (Lipinski definition) is 2. The maximum absolute atomic E-state index is 6.21. The van der Waals surface area contributed by atoms with Gasteiger partial charge >= 0.3 is 0 Å². The Morgan fingerprint density at radius 2 is 1.96 bits per heavy atom. The number of benzene rings is 1. The minimum Gasteiger partial charge on any atom is -0.381 e. The summed E-state index contributed by atoms with van der Waals surface area (Å²) in [4.78, 5) is 6.55. The molecular formula is C18H27Cl2N3O. The van der Waals surface area contributed by atoms with Gasteiger partial charge in [-0.1, -0.05) is 29.3 Å². The third-order valence-corrected chi connectivity index (χ3v) is 5.22. The molecule has 0 saturated carbocycles. The Balaban J connectivity index is 1.76. The van der Waals surface area contributed by atoms with E-state index in [1.54, 1.807) is 0 Å². The highest BCUT2D eigenvalue weighted by molar-refractivity contribution is 6.35. The number of guanidine groups is 1. The summed E-state index contributed by atoms with van der Waals surface area (Å²) in [5, 5.41) is 4.82. The third-order valence-electron chi connectivity index (χ3n) is 4.51. The van der Waals surface area contributed by atoms with Crippen LogP contribution in [0.2, 0.25) is 10.0 Å². The lowest BCUT2D eigenvalue weighted by molar-refractivity contribution is 0.0625. The maximum Gasteiger partial charge on any atom is 0.193 e. The number of nitrogens with one attached hydrogen (secondary N) is 1. The number of nitrogens with zero attached hydrogens (tertiary/aromatic N) is 2. The number of halogens is 2. The molecule has 1 saturated heterocycles. The fraction of sp³-hybridized carbons (Fsp3) is 0.611. The van der Waals surface area contributed by atoms with E-state index >= 15 is 0 Å². The van der Waals surface area contributed by atoms with Gasteiger partial charge in [0.05, 0.1) is 0 Å². The van der Waals surface area contributed by atoms with Crippen molar-refractivity contribution in [1.29, 1.82) is 0 Å². The molecule has 6 heteroatoms. The SMILES string of the molecule is CN=C(NCCc1c(Cl)cccc1Cl)N(C)CCC1CCOCC1. The van der Waals surface area contributed by atoms with E-state index in [-0.39, 0.29) is 0 Å². The first-order valence-corrected chi connectivity index (χ1v) is 9.29. The molecule has 0 unspecified atom stereocenters. The van der Waals surface area contributed by atoms with Crippen LogP contribution in [0.4, 0.5) is 0 Å². The average Bonchev–Trinajstić information content (AvgIpc) is 2.60. The van der Waals surface area contributed by atoms with Gasteiger partial charge in [-0.2, -0.15) is 0 Å². The van der Waals surface area contributed by atoms with Gasteiger partial charge < -0.3 is 15.0 Å². The van der Waals surface area contributed by atoms with Crippen LogP contribution in [-0.4, -0.2) is 51.3 Å². The van der Waals surface area contributed by atoms with E-state index in [9.17, 15) is 0 Å². The second-order valence-corrected chi connectivity index (χ2v) is 7.00. The molecule has 0 bridgehead atoms. The van der Waals surface area contributed by atoms with Crippen molar-refractivity contribution < 1.29 is 4.74 Å². The normalized spacial score (nSPS) is 16.2. The first kappa shape index (κ1) is 19.4. The zero-order valence-corrected chi connectivity index (χ0v) is 16.0. The highest BCUT2D eigenvalue weighted by Crippen LogP contribution is 2.24. The van der Waals surface area contributed by atoms with Gasteiger partial charge in [0.25, 0.3) is 0 Å². The lowest BCUT2D eigenvalue weighted by Crippen LogP contribution is -2.40. The van der Waals surface area contributed by atoms with Crippen LogP contribution in [0, 0.1) is 5.92 Å². The molecule has 1 aromatic rings. The number of ether oxygens (including phenoxy) is 1. The molecule has 0 spiro atoms. The van der Waals surface area contributed by atoms with Crippen molar-refractivity contribution in [3.63, 3.8) is 0 Å². The highest BCUT2D eigenvalue weighted by atomic mass is 35.5. The smallest absolute Gasteiger partial charge is 0.193 e. The van der Waals surface area contributed by atoms with Crippen LogP contribution in [0.5, 0.6) is 0 Å². The number of rotatable bonds is 6. The largest absolute Gasteiger partial charge is 0.381 e. The predicted octanol–water partition coefficient (Wildman–Crippen LogP) is 3.86. The van der Waals surface area contributed by atoms with Gasteiger partial charge in [-0.25, -0.2) is 0 Å². The van der Waals surface area contributed by atoms with E-state index in [0.717, 1.165) is 50.2 Å². The Labute approximate surface area is 155 Å². The molecular weight excluding hydrogens is 345 g/mol. The van der Waals surface area contributed by atoms with Crippen LogP contribution >= 0.6 is 23.2 Å². The average molecular weight is 372 g/mol. The molecule has 2 rings (SSSR count). The molecule has 1 heterocycles. The molecule has 1 fully saturated rings. The van der Waals surface area contributed by atoms with Crippen molar-refractivity contribution >= 4 is 29.2 Å². The second kappa shape index (κ2) is 10.1. The molecule has 1 aliphatic heterocycles. The third kappa shape index (κ3) is 5.83. The van der Waals surface area contributed by atoms with Crippen LogP contribution in [0.15, 0.2) is 23.2 Å². The molecule has 0 amide bonds. The Hall–Kier alpha value is -0.970. The van der Waals surface area contributed by atoms with E-state index in [4.69, 9.17) is 27.9 Å². The monoisotopic (exact) mass is 371 g/mol. The van der Waals surface area contributed by atoms with Crippen LogP contribution in [-0.2, 0) is 11.2 Å². The van der Waals surface area contributed by atoms with Gasteiger partial charge in [-0.15, -0.1) is 0 Å².